The van der Waals surface area contributed by atoms with Crippen molar-refractivity contribution in [1.82, 2.24) is 9.88 Å². The lowest BCUT2D eigenvalue weighted by molar-refractivity contribution is -0.118. The van der Waals surface area contributed by atoms with Crippen LogP contribution >= 0.6 is 0 Å². The number of nitrogens with one attached hydrogen (secondary N) is 2. The number of nitrogens with zero attached hydrogens (tertiary/aromatic N) is 2. The quantitative estimate of drug-likeness (QED) is 0.864. The largest absolute Gasteiger partial charge is 0.379 e. The first-order chi connectivity index (χ1) is 12.2. The van der Waals surface area contributed by atoms with E-state index < -0.39 is 0 Å². The van der Waals surface area contributed by atoms with E-state index in [-0.39, 0.29) is 11.8 Å². The van der Waals surface area contributed by atoms with Crippen molar-refractivity contribution in [3.05, 3.63) is 54.4 Å². The lowest BCUT2D eigenvalue weighted by Gasteiger charge is -2.25. The summed E-state index contributed by atoms with van der Waals surface area (Å²) in [5.74, 6) is -0.336. The highest BCUT2D eigenvalue weighted by atomic mass is 16.5. The summed E-state index contributed by atoms with van der Waals surface area (Å²) >= 11 is 0. The average molecular weight is 340 g/mol. The van der Waals surface area contributed by atoms with Gasteiger partial charge in [0.25, 0.3) is 5.91 Å². The van der Waals surface area contributed by atoms with Crippen LogP contribution in [0.15, 0.2) is 48.7 Å². The van der Waals surface area contributed by atoms with Gasteiger partial charge in [0.15, 0.2) is 0 Å². The third-order valence-corrected chi connectivity index (χ3v) is 3.79. The molecule has 130 valence electrons. The van der Waals surface area contributed by atoms with Gasteiger partial charge in [0.2, 0.25) is 5.91 Å². The Balaban J connectivity index is 1.51. The second-order valence-electron chi connectivity index (χ2n) is 5.68. The molecule has 1 saturated heterocycles. The van der Waals surface area contributed by atoms with Gasteiger partial charge in [0, 0.05) is 30.7 Å². The standard InChI is InChI=1S/C18H20N4O3/c23-17(13-22-9-11-25-12-10-22)20-14-4-6-15(7-5-14)21-18(24)16-3-1-2-8-19-16/h1-8H,9-13H2,(H,20,23)(H,21,24). The number of benzene rings is 1. The molecule has 2 aromatic rings. The van der Waals surface area contributed by atoms with Gasteiger partial charge < -0.3 is 15.4 Å². The van der Waals surface area contributed by atoms with E-state index >= 15 is 0 Å². The smallest absolute Gasteiger partial charge is 0.274 e. The number of ether oxygens (including phenoxy) is 1. The Morgan fingerprint density at radius 3 is 2.32 bits per heavy atom. The van der Waals surface area contributed by atoms with Crippen LogP contribution in [0.1, 0.15) is 10.5 Å². The van der Waals surface area contributed by atoms with Crippen LogP contribution in [0, 0.1) is 0 Å². The third kappa shape index (κ3) is 5.10. The molecule has 0 atom stereocenters. The lowest BCUT2D eigenvalue weighted by Crippen LogP contribution is -2.41. The summed E-state index contributed by atoms with van der Waals surface area (Å²) in [7, 11) is 0. The molecule has 1 aromatic carbocycles. The molecular weight excluding hydrogens is 320 g/mol. The van der Waals surface area contributed by atoms with E-state index in [2.05, 4.69) is 20.5 Å². The maximum Gasteiger partial charge on any atom is 0.274 e. The number of pyridine rings is 1. The Morgan fingerprint density at radius 2 is 1.68 bits per heavy atom. The fourth-order valence-electron chi connectivity index (χ4n) is 2.49. The predicted octanol–water partition coefficient (Wildman–Crippen LogP) is 1.60. The van der Waals surface area contributed by atoms with E-state index in [1.54, 1.807) is 48.7 Å². The number of hydrogen-bond donors (Lipinski definition) is 2. The van der Waals surface area contributed by atoms with E-state index in [0.717, 1.165) is 13.1 Å². The first-order valence-corrected chi connectivity index (χ1v) is 8.13. The molecule has 0 unspecified atom stereocenters. The first-order valence-electron chi connectivity index (χ1n) is 8.13. The van der Waals surface area contributed by atoms with Crippen molar-refractivity contribution in [3.63, 3.8) is 0 Å². The fourth-order valence-corrected chi connectivity index (χ4v) is 2.49. The molecule has 0 aliphatic carbocycles. The summed E-state index contributed by atoms with van der Waals surface area (Å²) < 4.78 is 5.26. The van der Waals surface area contributed by atoms with Crippen molar-refractivity contribution in [2.75, 3.05) is 43.5 Å². The van der Waals surface area contributed by atoms with E-state index in [9.17, 15) is 9.59 Å². The molecule has 0 saturated carbocycles. The molecule has 1 aliphatic rings. The van der Waals surface area contributed by atoms with Crippen molar-refractivity contribution >= 4 is 23.2 Å². The van der Waals surface area contributed by atoms with E-state index in [1.165, 1.54) is 0 Å². The van der Waals surface area contributed by atoms with E-state index in [0.29, 0.717) is 36.8 Å². The lowest BCUT2D eigenvalue weighted by atomic mass is 10.2. The molecule has 2 amide bonds. The van der Waals surface area contributed by atoms with Gasteiger partial charge in [-0.2, -0.15) is 0 Å². The molecule has 25 heavy (non-hydrogen) atoms. The van der Waals surface area contributed by atoms with Gasteiger partial charge in [-0.15, -0.1) is 0 Å². The Hall–Kier alpha value is -2.77. The minimum atomic E-state index is -0.273. The number of hydrogen-bond acceptors (Lipinski definition) is 5. The summed E-state index contributed by atoms with van der Waals surface area (Å²) in [6.07, 6.45) is 1.57. The maximum atomic E-state index is 12.1. The van der Waals surface area contributed by atoms with Crippen LogP contribution in [0.4, 0.5) is 11.4 Å². The zero-order valence-corrected chi connectivity index (χ0v) is 13.8. The molecule has 0 bridgehead atoms. The van der Waals surface area contributed by atoms with Gasteiger partial charge in [0.1, 0.15) is 5.69 Å². The second kappa shape index (κ2) is 8.36. The summed E-state index contributed by atoms with van der Waals surface area (Å²) in [6, 6.07) is 12.2. The molecule has 1 aromatic heterocycles. The predicted molar refractivity (Wildman–Crippen MR) is 94.5 cm³/mol. The molecule has 3 rings (SSSR count). The van der Waals surface area contributed by atoms with E-state index in [4.69, 9.17) is 4.74 Å². The van der Waals surface area contributed by atoms with Crippen LogP contribution in [0.25, 0.3) is 0 Å². The molecule has 2 heterocycles. The highest BCUT2D eigenvalue weighted by Crippen LogP contribution is 2.14. The van der Waals surface area contributed by atoms with Crippen molar-refractivity contribution in [2.45, 2.75) is 0 Å². The Labute approximate surface area is 146 Å². The average Bonchev–Trinajstić information content (AvgIpc) is 2.65. The summed E-state index contributed by atoms with van der Waals surface area (Å²) in [5, 5.41) is 5.62. The number of amides is 2. The van der Waals surface area contributed by atoms with Crippen molar-refractivity contribution in [3.8, 4) is 0 Å². The Kier molecular flexibility index (Phi) is 5.71. The maximum absolute atomic E-state index is 12.1. The fraction of sp³-hybridized carbons (Fsp3) is 0.278. The van der Waals surface area contributed by atoms with Gasteiger partial charge in [-0.3, -0.25) is 19.5 Å². The molecule has 7 nitrogen and oxygen atoms in total. The summed E-state index contributed by atoms with van der Waals surface area (Å²) in [4.78, 5) is 30.2. The zero-order valence-electron chi connectivity index (χ0n) is 13.8. The number of morpholine rings is 1. The van der Waals surface area contributed by atoms with Crippen molar-refractivity contribution in [2.24, 2.45) is 0 Å². The van der Waals surface area contributed by atoms with Crippen LogP contribution in [-0.4, -0.2) is 54.5 Å². The zero-order chi connectivity index (χ0) is 17.5. The topological polar surface area (TPSA) is 83.6 Å². The normalized spacial score (nSPS) is 14.7. The molecule has 7 heteroatoms. The van der Waals surface area contributed by atoms with Gasteiger partial charge in [-0.05, 0) is 36.4 Å². The summed E-state index contributed by atoms with van der Waals surface area (Å²) in [6.45, 7) is 3.22. The number of rotatable bonds is 5. The van der Waals surface area contributed by atoms with Crippen molar-refractivity contribution < 1.29 is 14.3 Å². The minimum Gasteiger partial charge on any atom is -0.379 e. The van der Waals surface area contributed by atoms with Gasteiger partial charge >= 0.3 is 0 Å². The molecule has 1 aliphatic heterocycles. The van der Waals surface area contributed by atoms with Crippen LogP contribution < -0.4 is 10.6 Å². The number of anilines is 2. The first kappa shape index (κ1) is 17.1. The molecule has 0 radical (unpaired) electrons. The van der Waals surface area contributed by atoms with Gasteiger partial charge in [-0.25, -0.2) is 0 Å². The second-order valence-corrected chi connectivity index (χ2v) is 5.68. The highest BCUT2D eigenvalue weighted by molar-refractivity contribution is 6.03. The van der Waals surface area contributed by atoms with E-state index in [1.807, 2.05) is 0 Å². The van der Waals surface area contributed by atoms with Crippen LogP contribution in [0.3, 0.4) is 0 Å². The molecule has 0 spiro atoms. The van der Waals surface area contributed by atoms with Crippen molar-refractivity contribution in [1.29, 1.82) is 0 Å². The Bertz CT molecular complexity index is 713. The number of carbonyl (C=O) groups excluding carboxylic acids is 2. The highest BCUT2D eigenvalue weighted by Gasteiger charge is 2.14. The van der Waals surface area contributed by atoms with Crippen LogP contribution in [0.5, 0.6) is 0 Å². The number of carbonyl (C=O) groups is 2. The number of aromatic nitrogens is 1. The third-order valence-electron chi connectivity index (χ3n) is 3.79. The SMILES string of the molecule is O=C(CN1CCOCC1)Nc1ccc(NC(=O)c2ccccn2)cc1. The van der Waals surface area contributed by atoms with Crippen LogP contribution in [-0.2, 0) is 9.53 Å². The summed E-state index contributed by atoms with van der Waals surface area (Å²) in [5.41, 5.74) is 1.68. The van der Waals surface area contributed by atoms with Gasteiger partial charge in [-0.1, -0.05) is 6.07 Å². The minimum absolute atomic E-state index is 0.0628. The molecule has 2 N–H and O–H groups in total. The monoisotopic (exact) mass is 340 g/mol. The Morgan fingerprint density at radius 1 is 1.00 bits per heavy atom. The molecular formula is C18H20N4O3. The van der Waals surface area contributed by atoms with Crippen LogP contribution in [0.2, 0.25) is 0 Å². The van der Waals surface area contributed by atoms with Gasteiger partial charge in [0.05, 0.1) is 19.8 Å². The molecule has 1 fully saturated rings.